The van der Waals surface area contributed by atoms with Crippen LogP contribution in [-0.2, 0) is 4.79 Å². The molecule has 0 radical (unpaired) electrons. The first-order valence-corrected chi connectivity index (χ1v) is 5.58. The van der Waals surface area contributed by atoms with Crippen molar-refractivity contribution >= 4 is 11.6 Å². The molecule has 1 heterocycles. The van der Waals surface area contributed by atoms with E-state index in [1.807, 2.05) is 0 Å². The molecule has 0 saturated heterocycles. The van der Waals surface area contributed by atoms with E-state index in [0.717, 1.165) is 19.4 Å². The molecular weight excluding hydrogens is 206 g/mol. The van der Waals surface area contributed by atoms with Crippen LogP contribution in [0.1, 0.15) is 31.2 Å². The second-order valence-electron chi connectivity index (χ2n) is 3.78. The lowest BCUT2D eigenvalue weighted by molar-refractivity contribution is -0.115. The Bertz CT molecular complexity index is 327. The van der Waals surface area contributed by atoms with Crippen molar-refractivity contribution in [2.45, 2.75) is 33.6 Å². The zero-order valence-corrected chi connectivity index (χ0v) is 10.1. The third kappa shape index (κ3) is 3.66. The lowest BCUT2D eigenvalue weighted by Gasteiger charge is -2.05. The Kier molecular flexibility index (Phi) is 4.98. The fourth-order valence-electron chi connectivity index (χ4n) is 1.35. The predicted octanol–water partition coefficient (Wildman–Crippen LogP) is 1.62. The van der Waals surface area contributed by atoms with E-state index in [9.17, 15) is 4.79 Å². The first kappa shape index (κ1) is 12.7. The number of aryl methyl sites for hydroxylation is 2. The van der Waals surface area contributed by atoms with Crippen LogP contribution in [0.3, 0.4) is 0 Å². The van der Waals surface area contributed by atoms with E-state index in [2.05, 4.69) is 22.7 Å². The normalized spacial score (nSPS) is 10.4. The summed E-state index contributed by atoms with van der Waals surface area (Å²) in [5.74, 6) is 0.574. The molecule has 2 N–H and O–H groups in total. The van der Waals surface area contributed by atoms with Crippen molar-refractivity contribution < 1.29 is 9.32 Å². The minimum Gasteiger partial charge on any atom is -0.359 e. The first-order chi connectivity index (χ1) is 7.65. The van der Waals surface area contributed by atoms with Gasteiger partial charge in [-0.2, -0.15) is 0 Å². The Hall–Kier alpha value is -1.36. The van der Waals surface area contributed by atoms with Crippen LogP contribution in [0, 0.1) is 13.8 Å². The molecule has 0 bridgehead atoms. The minimum atomic E-state index is -0.0643. The number of hydrogen-bond acceptors (Lipinski definition) is 4. The van der Waals surface area contributed by atoms with Crippen molar-refractivity contribution in [3.8, 4) is 0 Å². The molecule has 1 amide bonds. The van der Waals surface area contributed by atoms with Crippen molar-refractivity contribution in [1.29, 1.82) is 0 Å². The van der Waals surface area contributed by atoms with Crippen LogP contribution < -0.4 is 10.6 Å². The standard InChI is InChI=1S/C11H19N3O2/c1-4-5-6-12-7-10(15)13-11-8(2)14-16-9(11)3/h12H,4-7H2,1-3H3,(H,13,15). The molecule has 0 atom stereocenters. The molecule has 0 saturated carbocycles. The lowest BCUT2D eigenvalue weighted by Crippen LogP contribution is -2.29. The zero-order valence-electron chi connectivity index (χ0n) is 10.1. The lowest BCUT2D eigenvalue weighted by atomic mass is 10.3. The molecule has 0 aliphatic rings. The number of rotatable bonds is 6. The van der Waals surface area contributed by atoms with E-state index in [0.29, 0.717) is 23.7 Å². The van der Waals surface area contributed by atoms with E-state index in [-0.39, 0.29) is 5.91 Å². The van der Waals surface area contributed by atoms with E-state index in [1.54, 1.807) is 13.8 Å². The number of amides is 1. The van der Waals surface area contributed by atoms with Crippen LogP contribution in [0.15, 0.2) is 4.52 Å². The Morgan fingerprint density at radius 1 is 1.44 bits per heavy atom. The number of carbonyl (C=O) groups excluding carboxylic acids is 1. The van der Waals surface area contributed by atoms with Crippen molar-refractivity contribution in [3.63, 3.8) is 0 Å². The summed E-state index contributed by atoms with van der Waals surface area (Å²) >= 11 is 0. The monoisotopic (exact) mass is 225 g/mol. The van der Waals surface area contributed by atoms with Gasteiger partial charge in [-0.25, -0.2) is 0 Å². The van der Waals surface area contributed by atoms with Crippen molar-refractivity contribution in [1.82, 2.24) is 10.5 Å². The fraction of sp³-hybridized carbons (Fsp3) is 0.636. The molecule has 90 valence electrons. The molecule has 0 aliphatic heterocycles. The highest BCUT2D eigenvalue weighted by Gasteiger charge is 2.11. The molecule has 0 fully saturated rings. The van der Waals surface area contributed by atoms with Crippen LogP contribution in [0.4, 0.5) is 5.69 Å². The van der Waals surface area contributed by atoms with Crippen LogP contribution in [0.5, 0.6) is 0 Å². The van der Waals surface area contributed by atoms with Crippen LogP contribution in [0.25, 0.3) is 0 Å². The maximum absolute atomic E-state index is 11.5. The molecule has 1 aromatic heterocycles. The summed E-state index contributed by atoms with van der Waals surface area (Å²) in [4.78, 5) is 11.5. The Labute approximate surface area is 95.6 Å². The Morgan fingerprint density at radius 3 is 2.75 bits per heavy atom. The van der Waals surface area contributed by atoms with Gasteiger partial charge in [0.1, 0.15) is 11.4 Å². The van der Waals surface area contributed by atoms with E-state index >= 15 is 0 Å². The summed E-state index contributed by atoms with van der Waals surface area (Å²) in [5.41, 5.74) is 1.39. The molecule has 0 aromatic carbocycles. The van der Waals surface area contributed by atoms with Crippen molar-refractivity contribution in [2.75, 3.05) is 18.4 Å². The molecule has 0 aliphatic carbocycles. The summed E-state index contributed by atoms with van der Waals surface area (Å²) in [5, 5.41) is 9.62. The third-order valence-electron chi connectivity index (χ3n) is 2.29. The topological polar surface area (TPSA) is 67.2 Å². The summed E-state index contributed by atoms with van der Waals surface area (Å²) in [7, 11) is 0. The van der Waals surface area contributed by atoms with E-state index < -0.39 is 0 Å². The molecule has 1 aromatic rings. The van der Waals surface area contributed by atoms with Gasteiger partial charge in [0.05, 0.1) is 6.54 Å². The highest BCUT2D eigenvalue weighted by Crippen LogP contribution is 2.17. The average Bonchev–Trinajstić information content (AvgIpc) is 2.56. The van der Waals surface area contributed by atoms with Gasteiger partial charge >= 0.3 is 0 Å². The van der Waals surface area contributed by atoms with Gasteiger partial charge in [0.15, 0.2) is 5.76 Å². The van der Waals surface area contributed by atoms with Crippen LogP contribution in [-0.4, -0.2) is 24.2 Å². The van der Waals surface area contributed by atoms with E-state index in [1.165, 1.54) is 0 Å². The molecule has 5 heteroatoms. The van der Waals surface area contributed by atoms with Gasteiger partial charge in [0.25, 0.3) is 0 Å². The molecule has 16 heavy (non-hydrogen) atoms. The quantitative estimate of drug-likeness (QED) is 0.722. The van der Waals surface area contributed by atoms with Gasteiger partial charge in [-0.3, -0.25) is 4.79 Å². The van der Waals surface area contributed by atoms with E-state index in [4.69, 9.17) is 4.52 Å². The molecule has 0 unspecified atom stereocenters. The number of nitrogens with zero attached hydrogens (tertiary/aromatic N) is 1. The summed E-state index contributed by atoms with van der Waals surface area (Å²) in [6, 6.07) is 0. The number of hydrogen-bond donors (Lipinski definition) is 2. The van der Waals surface area contributed by atoms with Crippen LogP contribution in [0.2, 0.25) is 0 Å². The second-order valence-corrected chi connectivity index (χ2v) is 3.78. The molecule has 1 rings (SSSR count). The average molecular weight is 225 g/mol. The number of nitrogens with one attached hydrogen (secondary N) is 2. The zero-order chi connectivity index (χ0) is 12.0. The van der Waals surface area contributed by atoms with Gasteiger partial charge in [0, 0.05) is 0 Å². The summed E-state index contributed by atoms with van der Waals surface area (Å²) in [6.07, 6.45) is 2.21. The smallest absolute Gasteiger partial charge is 0.238 e. The molecule has 5 nitrogen and oxygen atoms in total. The highest BCUT2D eigenvalue weighted by molar-refractivity contribution is 5.93. The maximum Gasteiger partial charge on any atom is 0.238 e. The number of aromatic nitrogens is 1. The number of carbonyl (C=O) groups is 1. The summed E-state index contributed by atoms with van der Waals surface area (Å²) in [6.45, 7) is 6.89. The van der Waals surface area contributed by atoms with Crippen molar-refractivity contribution in [2.24, 2.45) is 0 Å². The summed E-state index contributed by atoms with van der Waals surface area (Å²) < 4.78 is 4.95. The fourth-order valence-corrected chi connectivity index (χ4v) is 1.35. The molecular formula is C11H19N3O2. The van der Waals surface area contributed by atoms with Crippen LogP contribution >= 0.6 is 0 Å². The van der Waals surface area contributed by atoms with Gasteiger partial charge in [0.2, 0.25) is 5.91 Å². The Balaban J connectivity index is 2.34. The Morgan fingerprint density at radius 2 is 2.19 bits per heavy atom. The molecule has 0 spiro atoms. The van der Waals surface area contributed by atoms with Gasteiger partial charge in [-0.15, -0.1) is 0 Å². The largest absolute Gasteiger partial charge is 0.359 e. The highest BCUT2D eigenvalue weighted by atomic mass is 16.5. The second kappa shape index (κ2) is 6.27. The number of unbranched alkanes of at least 4 members (excludes halogenated alkanes) is 1. The van der Waals surface area contributed by atoms with Gasteiger partial charge in [-0.05, 0) is 26.8 Å². The van der Waals surface area contributed by atoms with Gasteiger partial charge in [-0.1, -0.05) is 18.5 Å². The predicted molar refractivity (Wildman–Crippen MR) is 62.4 cm³/mol. The third-order valence-corrected chi connectivity index (χ3v) is 2.29. The van der Waals surface area contributed by atoms with Crippen molar-refractivity contribution in [3.05, 3.63) is 11.5 Å². The number of anilines is 1. The maximum atomic E-state index is 11.5. The first-order valence-electron chi connectivity index (χ1n) is 5.58. The minimum absolute atomic E-state index is 0.0643. The van der Waals surface area contributed by atoms with Gasteiger partial charge < -0.3 is 15.2 Å². The SMILES string of the molecule is CCCCNCC(=O)Nc1c(C)noc1C.